The standard InChI is InChI=1S/C27H34N4O2S/c32-27(28-20-22-6-2-1-3-7-22)33-23-12-10-21(11-13-23)14-15-30-16-18-31(19-17-30)26-24-8-4-5-9-25(24)34-29-26/h1-9,21,23H,10-20H2,(H,28,32)/t21-,23+. The van der Waals surface area contributed by atoms with Crippen molar-refractivity contribution in [2.24, 2.45) is 5.92 Å². The van der Waals surface area contributed by atoms with E-state index in [0.29, 0.717) is 6.54 Å². The van der Waals surface area contributed by atoms with E-state index >= 15 is 0 Å². The largest absolute Gasteiger partial charge is 0.446 e. The molecule has 1 saturated heterocycles. The van der Waals surface area contributed by atoms with Gasteiger partial charge in [0.05, 0.1) is 4.70 Å². The quantitative estimate of drug-likeness (QED) is 0.500. The molecule has 1 aliphatic carbocycles. The Hall–Kier alpha value is -2.64. The zero-order chi connectivity index (χ0) is 23.2. The maximum Gasteiger partial charge on any atom is 0.407 e. The lowest BCUT2D eigenvalue weighted by molar-refractivity contribution is 0.0612. The molecule has 5 rings (SSSR count). The van der Waals surface area contributed by atoms with Crippen molar-refractivity contribution in [1.29, 1.82) is 0 Å². The summed E-state index contributed by atoms with van der Waals surface area (Å²) in [5.41, 5.74) is 1.09. The minimum absolute atomic E-state index is 0.0588. The van der Waals surface area contributed by atoms with Crippen LogP contribution in [0.4, 0.5) is 10.6 Å². The maximum absolute atomic E-state index is 12.1. The van der Waals surface area contributed by atoms with Crippen LogP contribution in [0, 0.1) is 5.92 Å². The molecule has 7 heteroatoms. The highest BCUT2D eigenvalue weighted by Crippen LogP contribution is 2.31. The Labute approximate surface area is 206 Å². The molecule has 2 aliphatic rings. The van der Waals surface area contributed by atoms with Gasteiger partial charge < -0.3 is 15.0 Å². The predicted molar refractivity (Wildman–Crippen MR) is 138 cm³/mol. The Morgan fingerprint density at radius 1 is 0.971 bits per heavy atom. The molecule has 1 saturated carbocycles. The van der Waals surface area contributed by atoms with Crippen LogP contribution in [0.3, 0.4) is 0 Å². The normalized spacial score (nSPS) is 21.5. The minimum atomic E-state index is -0.293. The topological polar surface area (TPSA) is 57.7 Å². The summed E-state index contributed by atoms with van der Waals surface area (Å²) < 4.78 is 11.7. The van der Waals surface area contributed by atoms with Crippen LogP contribution in [0.2, 0.25) is 0 Å². The highest BCUT2D eigenvalue weighted by Gasteiger charge is 2.25. The second kappa shape index (κ2) is 11.2. The first-order valence-corrected chi connectivity index (χ1v) is 13.3. The van der Waals surface area contributed by atoms with Crippen molar-refractivity contribution in [2.75, 3.05) is 37.6 Å². The Kier molecular flexibility index (Phi) is 7.61. The van der Waals surface area contributed by atoms with Gasteiger partial charge in [-0.3, -0.25) is 4.90 Å². The van der Waals surface area contributed by atoms with Crippen molar-refractivity contribution in [2.45, 2.75) is 44.8 Å². The van der Waals surface area contributed by atoms with Crippen LogP contribution < -0.4 is 10.2 Å². The third-order valence-electron chi connectivity index (χ3n) is 7.23. The second-order valence-corrected chi connectivity index (χ2v) is 10.3. The fourth-order valence-corrected chi connectivity index (χ4v) is 5.95. The molecule has 1 aliphatic heterocycles. The van der Waals surface area contributed by atoms with Gasteiger partial charge in [0.2, 0.25) is 0 Å². The van der Waals surface area contributed by atoms with Crippen LogP contribution in [0.15, 0.2) is 54.6 Å². The molecule has 34 heavy (non-hydrogen) atoms. The summed E-state index contributed by atoms with van der Waals surface area (Å²) in [6.45, 7) is 5.98. The Morgan fingerprint density at radius 2 is 1.71 bits per heavy atom. The van der Waals surface area contributed by atoms with Crippen molar-refractivity contribution in [1.82, 2.24) is 14.6 Å². The number of anilines is 1. The fraction of sp³-hybridized carbons (Fsp3) is 0.481. The van der Waals surface area contributed by atoms with E-state index < -0.39 is 0 Å². The molecule has 1 aromatic heterocycles. The van der Waals surface area contributed by atoms with Crippen molar-refractivity contribution < 1.29 is 9.53 Å². The van der Waals surface area contributed by atoms with Gasteiger partial charge in [-0.1, -0.05) is 42.5 Å². The molecule has 0 radical (unpaired) electrons. The second-order valence-electron chi connectivity index (χ2n) is 9.51. The summed E-state index contributed by atoms with van der Waals surface area (Å²) >= 11 is 1.60. The molecular formula is C27H34N4O2S. The summed E-state index contributed by atoms with van der Waals surface area (Å²) in [6, 6.07) is 18.5. The van der Waals surface area contributed by atoms with Gasteiger partial charge in [-0.2, -0.15) is 4.37 Å². The first-order chi connectivity index (χ1) is 16.7. The highest BCUT2D eigenvalue weighted by atomic mass is 32.1. The smallest absolute Gasteiger partial charge is 0.407 e. The molecule has 3 aromatic rings. The molecule has 0 atom stereocenters. The number of nitrogens with zero attached hydrogens (tertiary/aromatic N) is 3. The van der Waals surface area contributed by atoms with Gasteiger partial charge in [-0.25, -0.2) is 4.79 Å². The number of fused-ring (bicyclic) bond motifs is 1. The number of ether oxygens (including phenoxy) is 1. The van der Waals surface area contributed by atoms with E-state index in [1.165, 1.54) is 23.1 Å². The number of aromatic nitrogens is 1. The summed E-state index contributed by atoms with van der Waals surface area (Å²) in [4.78, 5) is 17.2. The summed E-state index contributed by atoms with van der Waals surface area (Å²) in [5, 5.41) is 4.16. The monoisotopic (exact) mass is 478 g/mol. The number of carbonyl (C=O) groups excluding carboxylic acids is 1. The van der Waals surface area contributed by atoms with E-state index in [4.69, 9.17) is 9.11 Å². The molecule has 0 spiro atoms. The number of hydrogen-bond donors (Lipinski definition) is 1. The molecule has 0 bridgehead atoms. The SMILES string of the molecule is O=C(NCc1ccccc1)O[C@H]1CC[C@@H](CCN2CCN(c3nsc4ccccc34)CC2)CC1. The van der Waals surface area contributed by atoms with E-state index in [0.717, 1.165) is 69.2 Å². The molecule has 2 heterocycles. The number of rotatable bonds is 7. The van der Waals surface area contributed by atoms with Gasteiger partial charge >= 0.3 is 6.09 Å². The van der Waals surface area contributed by atoms with Crippen molar-refractivity contribution in [3.63, 3.8) is 0 Å². The zero-order valence-electron chi connectivity index (χ0n) is 19.7. The molecule has 180 valence electrons. The fourth-order valence-electron chi connectivity index (χ4n) is 5.15. The number of nitrogens with one attached hydrogen (secondary N) is 1. The van der Waals surface area contributed by atoms with Crippen LogP contribution in [-0.4, -0.2) is 54.2 Å². The third-order valence-corrected chi connectivity index (χ3v) is 8.05. The zero-order valence-corrected chi connectivity index (χ0v) is 20.5. The van der Waals surface area contributed by atoms with Gasteiger partial charge in [-0.05, 0) is 73.8 Å². The van der Waals surface area contributed by atoms with Gasteiger partial charge in [0, 0.05) is 38.1 Å². The number of amides is 1. The Bertz CT molecular complexity index is 1060. The van der Waals surface area contributed by atoms with Crippen molar-refractivity contribution >= 4 is 33.5 Å². The average Bonchev–Trinajstić information content (AvgIpc) is 3.32. The van der Waals surface area contributed by atoms with Gasteiger partial charge in [0.25, 0.3) is 0 Å². The van der Waals surface area contributed by atoms with Crippen LogP contribution in [0.1, 0.15) is 37.7 Å². The molecule has 6 nitrogen and oxygen atoms in total. The van der Waals surface area contributed by atoms with Gasteiger partial charge in [-0.15, -0.1) is 0 Å². The first kappa shape index (κ1) is 23.1. The molecular weight excluding hydrogens is 444 g/mol. The van der Waals surface area contributed by atoms with Crippen LogP contribution in [0.5, 0.6) is 0 Å². The Balaban J connectivity index is 0.981. The number of benzene rings is 2. The number of carbonyl (C=O) groups is 1. The summed E-state index contributed by atoms with van der Waals surface area (Å²) in [6.07, 6.45) is 5.28. The van der Waals surface area contributed by atoms with Crippen LogP contribution in [-0.2, 0) is 11.3 Å². The van der Waals surface area contributed by atoms with Gasteiger partial charge in [0.15, 0.2) is 0 Å². The van der Waals surface area contributed by atoms with E-state index in [9.17, 15) is 4.79 Å². The average molecular weight is 479 g/mol. The summed E-state index contributed by atoms with van der Waals surface area (Å²) in [5.74, 6) is 1.90. The first-order valence-electron chi connectivity index (χ1n) is 12.5. The highest BCUT2D eigenvalue weighted by molar-refractivity contribution is 7.13. The molecule has 1 N–H and O–H groups in total. The molecule has 0 unspecified atom stereocenters. The lowest BCUT2D eigenvalue weighted by Crippen LogP contribution is -2.47. The Morgan fingerprint density at radius 3 is 2.50 bits per heavy atom. The lowest BCUT2D eigenvalue weighted by atomic mass is 9.85. The maximum atomic E-state index is 12.1. The predicted octanol–water partition coefficient (Wildman–Crippen LogP) is 5.29. The van der Waals surface area contributed by atoms with E-state index in [1.54, 1.807) is 11.5 Å². The number of piperazine rings is 1. The van der Waals surface area contributed by atoms with Gasteiger partial charge in [0.1, 0.15) is 11.9 Å². The lowest BCUT2D eigenvalue weighted by Gasteiger charge is -2.36. The minimum Gasteiger partial charge on any atom is -0.446 e. The summed E-state index contributed by atoms with van der Waals surface area (Å²) in [7, 11) is 0. The molecule has 1 amide bonds. The van der Waals surface area contributed by atoms with Crippen LogP contribution in [0.25, 0.3) is 10.1 Å². The van der Waals surface area contributed by atoms with E-state index in [-0.39, 0.29) is 12.2 Å². The number of hydrogen-bond acceptors (Lipinski definition) is 6. The molecule has 2 aromatic carbocycles. The van der Waals surface area contributed by atoms with E-state index in [2.05, 4.69) is 39.4 Å². The third kappa shape index (κ3) is 5.88. The molecule has 2 fully saturated rings. The van der Waals surface area contributed by atoms with Crippen molar-refractivity contribution in [3.8, 4) is 0 Å². The van der Waals surface area contributed by atoms with Crippen LogP contribution >= 0.6 is 11.5 Å². The van der Waals surface area contributed by atoms with E-state index in [1.807, 2.05) is 30.3 Å². The number of alkyl carbamates (subject to hydrolysis) is 1. The van der Waals surface area contributed by atoms with Crippen molar-refractivity contribution in [3.05, 3.63) is 60.2 Å².